The summed E-state index contributed by atoms with van der Waals surface area (Å²) in [6.07, 6.45) is 4.84. The van der Waals surface area contributed by atoms with Crippen molar-refractivity contribution >= 4 is 40.7 Å². The van der Waals surface area contributed by atoms with Gasteiger partial charge in [0, 0.05) is 48.3 Å². The predicted molar refractivity (Wildman–Crippen MR) is 164 cm³/mol. The highest BCUT2D eigenvalue weighted by molar-refractivity contribution is 6.06. The van der Waals surface area contributed by atoms with Crippen molar-refractivity contribution in [3.63, 3.8) is 0 Å². The summed E-state index contributed by atoms with van der Waals surface area (Å²) in [5, 5.41) is 17.1. The lowest BCUT2D eigenvalue weighted by atomic mass is 10.1. The van der Waals surface area contributed by atoms with Crippen LogP contribution in [-0.2, 0) is 16.1 Å². The first-order valence-electron chi connectivity index (χ1n) is 14.1. The molecule has 218 valence electrons. The molecular formula is C31H36N8O3. The third kappa shape index (κ3) is 6.74. The van der Waals surface area contributed by atoms with Crippen LogP contribution < -0.4 is 21.3 Å². The number of carbonyl (C=O) groups is 2. The zero-order chi connectivity index (χ0) is 29.6. The second-order valence-corrected chi connectivity index (χ2v) is 10.6. The van der Waals surface area contributed by atoms with E-state index in [-0.39, 0.29) is 23.8 Å². The Labute approximate surface area is 244 Å². The highest BCUT2D eigenvalue weighted by atomic mass is 16.5. The van der Waals surface area contributed by atoms with E-state index in [4.69, 9.17) is 14.7 Å². The van der Waals surface area contributed by atoms with Crippen LogP contribution in [0.2, 0.25) is 0 Å². The summed E-state index contributed by atoms with van der Waals surface area (Å²) in [5.74, 6) is 0.767. The molecule has 1 fully saturated rings. The number of hydrogen-bond donors (Lipinski definition) is 4. The van der Waals surface area contributed by atoms with E-state index >= 15 is 0 Å². The van der Waals surface area contributed by atoms with E-state index in [1.54, 1.807) is 22.7 Å². The lowest BCUT2D eigenvalue weighted by Crippen LogP contribution is -2.29. The molecule has 2 amide bonds. The molecule has 5 rings (SSSR count). The van der Waals surface area contributed by atoms with Gasteiger partial charge in [0.15, 0.2) is 5.65 Å². The lowest BCUT2D eigenvalue weighted by Gasteiger charge is -2.23. The van der Waals surface area contributed by atoms with Crippen LogP contribution >= 0.6 is 0 Å². The van der Waals surface area contributed by atoms with Gasteiger partial charge in [-0.2, -0.15) is 19.6 Å². The molecule has 0 saturated carbocycles. The van der Waals surface area contributed by atoms with Crippen molar-refractivity contribution in [2.45, 2.75) is 52.1 Å². The zero-order valence-electron chi connectivity index (χ0n) is 24.1. The average molecular weight is 569 g/mol. The van der Waals surface area contributed by atoms with Gasteiger partial charge in [-0.15, -0.1) is 0 Å². The molecule has 0 radical (unpaired) electrons. The minimum absolute atomic E-state index is 0.252. The summed E-state index contributed by atoms with van der Waals surface area (Å²) in [7, 11) is 0. The van der Waals surface area contributed by atoms with Gasteiger partial charge >= 0.3 is 0 Å². The number of anilines is 4. The smallest absolute Gasteiger partial charge is 0.255 e. The summed E-state index contributed by atoms with van der Waals surface area (Å²) < 4.78 is 7.22. The number of nitrogens with zero attached hydrogens (tertiary/aromatic N) is 4. The topological polar surface area (TPSA) is 135 Å². The van der Waals surface area contributed by atoms with Crippen molar-refractivity contribution in [2.75, 3.05) is 34.5 Å². The molecule has 11 heteroatoms. The number of fused-ring (bicyclic) bond motifs is 1. The van der Waals surface area contributed by atoms with Crippen LogP contribution in [0, 0.1) is 6.92 Å². The first-order valence-corrected chi connectivity index (χ1v) is 14.1. The first-order chi connectivity index (χ1) is 20.3. The van der Waals surface area contributed by atoms with Crippen molar-refractivity contribution in [1.29, 1.82) is 0 Å². The quantitative estimate of drug-likeness (QED) is 0.193. The van der Waals surface area contributed by atoms with Crippen molar-refractivity contribution in [2.24, 2.45) is 0 Å². The molecule has 4 aromatic rings. The third-order valence-electron chi connectivity index (χ3n) is 7.15. The second-order valence-electron chi connectivity index (χ2n) is 10.6. The zero-order valence-corrected chi connectivity index (χ0v) is 24.1. The molecule has 11 nitrogen and oxygen atoms in total. The van der Waals surface area contributed by atoms with Crippen molar-refractivity contribution in [1.82, 2.24) is 19.6 Å². The number of amides is 2. The Morgan fingerprint density at radius 2 is 1.93 bits per heavy atom. The SMILES string of the molecule is C=CC(=O)Nc1cc(C(=O)Nc2cccc(CNc3nc(NC4CCOCC4)nc4c(C(C)C)cnn34)c2)ccc1C. The molecule has 1 aliphatic rings. The van der Waals surface area contributed by atoms with Gasteiger partial charge in [0.1, 0.15) is 0 Å². The second kappa shape index (κ2) is 12.8. The van der Waals surface area contributed by atoms with Crippen LogP contribution in [0.5, 0.6) is 0 Å². The molecule has 0 bridgehead atoms. The van der Waals surface area contributed by atoms with E-state index in [0.29, 0.717) is 35.4 Å². The number of benzene rings is 2. The molecule has 0 atom stereocenters. The molecule has 0 aliphatic carbocycles. The minimum Gasteiger partial charge on any atom is -0.381 e. The van der Waals surface area contributed by atoms with Crippen molar-refractivity contribution in [3.8, 4) is 0 Å². The first kappa shape index (κ1) is 28.7. The number of rotatable bonds is 10. The number of ether oxygens (including phenoxy) is 1. The van der Waals surface area contributed by atoms with Gasteiger partial charge in [0.25, 0.3) is 5.91 Å². The Bertz CT molecular complexity index is 1610. The number of hydrogen-bond acceptors (Lipinski definition) is 8. The molecule has 0 spiro atoms. The highest BCUT2D eigenvalue weighted by Crippen LogP contribution is 2.24. The van der Waals surface area contributed by atoms with Gasteiger partial charge in [0.2, 0.25) is 17.8 Å². The Morgan fingerprint density at radius 1 is 1.12 bits per heavy atom. The highest BCUT2D eigenvalue weighted by Gasteiger charge is 2.19. The largest absolute Gasteiger partial charge is 0.381 e. The number of aryl methyl sites for hydroxylation is 1. The predicted octanol–water partition coefficient (Wildman–Crippen LogP) is 5.14. The number of aromatic nitrogens is 4. The molecule has 2 aromatic heterocycles. The number of carbonyl (C=O) groups excluding carboxylic acids is 2. The molecule has 42 heavy (non-hydrogen) atoms. The van der Waals surface area contributed by atoms with Crippen LogP contribution in [-0.4, -0.2) is 50.7 Å². The maximum absolute atomic E-state index is 13.0. The minimum atomic E-state index is -0.334. The Kier molecular flexibility index (Phi) is 8.77. The monoisotopic (exact) mass is 568 g/mol. The summed E-state index contributed by atoms with van der Waals surface area (Å²) >= 11 is 0. The van der Waals surface area contributed by atoms with Crippen molar-refractivity contribution < 1.29 is 14.3 Å². The fraction of sp³-hybridized carbons (Fsp3) is 0.323. The maximum Gasteiger partial charge on any atom is 0.255 e. The molecule has 4 N–H and O–H groups in total. The van der Waals surface area contributed by atoms with Crippen LogP contribution in [0.3, 0.4) is 0 Å². The van der Waals surface area contributed by atoms with Gasteiger partial charge in [0.05, 0.1) is 6.20 Å². The molecule has 2 aromatic carbocycles. The van der Waals surface area contributed by atoms with E-state index < -0.39 is 0 Å². The number of nitrogens with one attached hydrogen (secondary N) is 4. The maximum atomic E-state index is 13.0. The Hall–Kier alpha value is -4.77. The van der Waals surface area contributed by atoms with Gasteiger partial charge in [-0.25, -0.2) is 0 Å². The van der Waals surface area contributed by atoms with Crippen LogP contribution in [0.15, 0.2) is 61.3 Å². The van der Waals surface area contributed by atoms with E-state index in [0.717, 1.165) is 48.4 Å². The van der Waals surface area contributed by atoms with Crippen molar-refractivity contribution in [3.05, 3.63) is 83.6 Å². The molecule has 1 saturated heterocycles. The van der Waals surface area contributed by atoms with Crippen LogP contribution in [0.25, 0.3) is 5.65 Å². The summed E-state index contributed by atoms with van der Waals surface area (Å²) in [6, 6.07) is 13.0. The summed E-state index contributed by atoms with van der Waals surface area (Å²) in [5.41, 5.74) is 5.23. The summed E-state index contributed by atoms with van der Waals surface area (Å²) in [4.78, 5) is 34.3. The van der Waals surface area contributed by atoms with Crippen LogP contribution in [0.1, 0.15) is 59.7 Å². The Balaban J connectivity index is 1.32. The molecule has 0 unspecified atom stereocenters. The van der Waals surface area contributed by atoms with E-state index in [2.05, 4.69) is 46.8 Å². The fourth-order valence-corrected chi connectivity index (χ4v) is 4.73. The Morgan fingerprint density at radius 3 is 2.69 bits per heavy atom. The molecule has 3 heterocycles. The molecule has 1 aliphatic heterocycles. The van der Waals surface area contributed by atoms with Gasteiger partial charge in [-0.05, 0) is 67.2 Å². The fourth-order valence-electron chi connectivity index (χ4n) is 4.73. The van der Waals surface area contributed by atoms with Gasteiger partial charge < -0.3 is 26.0 Å². The van der Waals surface area contributed by atoms with E-state index in [1.165, 1.54) is 6.08 Å². The van der Waals surface area contributed by atoms with E-state index in [9.17, 15) is 9.59 Å². The average Bonchev–Trinajstić information content (AvgIpc) is 3.42. The molecular weight excluding hydrogens is 532 g/mol. The van der Waals surface area contributed by atoms with E-state index in [1.807, 2.05) is 37.4 Å². The lowest BCUT2D eigenvalue weighted by molar-refractivity contribution is -0.111. The van der Waals surface area contributed by atoms with Gasteiger partial charge in [-0.1, -0.05) is 38.6 Å². The normalized spacial score (nSPS) is 13.6. The van der Waals surface area contributed by atoms with Crippen LogP contribution in [0.4, 0.5) is 23.3 Å². The standard InChI is InChI=1S/C31H36N8O3/c1-5-27(40)36-26-16-22(10-9-20(26)4)29(41)34-24-8-6-7-21(15-24)17-32-31-38-30(35-23-11-13-42-14-12-23)37-28-25(19(2)3)18-33-39(28)31/h5-10,15-16,18-19,23H,1,11-14,17H2,2-4H3,(H,34,41)(H,36,40)(H2,32,35,37,38). The van der Waals surface area contributed by atoms with Gasteiger partial charge in [-0.3, -0.25) is 9.59 Å². The third-order valence-corrected chi connectivity index (χ3v) is 7.15. The summed E-state index contributed by atoms with van der Waals surface area (Å²) in [6.45, 7) is 11.5.